The second-order valence-electron chi connectivity index (χ2n) is 4.05. The summed E-state index contributed by atoms with van der Waals surface area (Å²) in [7, 11) is 0. The SMILES string of the molecule is Cc1ncsc1-c1ocnc1CNC1CC1. The fourth-order valence-electron chi connectivity index (χ4n) is 1.63. The van der Waals surface area contributed by atoms with Crippen LogP contribution in [-0.2, 0) is 6.54 Å². The Kier molecular flexibility index (Phi) is 2.49. The Morgan fingerprint density at radius 1 is 1.50 bits per heavy atom. The lowest BCUT2D eigenvalue weighted by atomic mass is 10.2. The molecule has 0 aromatic carbocycles. The van der Waals surface area contributed by atoms with Gasteiger partial charge in [0.25, 0.3) is 0 Å². The highest BCUT2D eigenvalue weighted by atomic mass is 32.1. The van der Waals surface area contributed by atoms with Gasteiger partial charge in [0, 0.05) is 12.6 Å². The van der Waals surface area contributed by atoms with E-state index in [-0.39, 0.29) is 0 Å². The third kappa shape index (κ3) is 1.88. The van der Waals surface area contributed by atoms with E-state index in [2.05, 4.69) is 15.3 Å². The van der Waals surface area contributed by atoms with Gasteiger partial charge in [0.15, 0.2) is 12.2 Å². The van der Waals surface area contributed by atoms with E-state index in [0.29, 0.717) is 6.04 Å². The molecule has 0 saturated heterocycles. The van der Waals surface area contributed by atoms with Crippen molar-refractivity contribution in [1.29, 1.82) is 0 Å². The Bertz CT molecular complexity index is 487. The molecule has 1 aliphatic carbocycles. The third-order valence-corrected chi connectivity index (χ3v) is 3.66. The summed E-state index contributed by atoms with van der Waals surface area (Å²) < 4.78 is 5.46. The molecule has 0 unspecified atom stereocenters. The molecule has 16 heavy (non-hydrogen) atoms. The maximum absolute atomic E-state index is 5.46. The Balaban J connectivity index is 1.83. The number of oxazole rings is 1. The predicted octanol–water partition coefficient (Wildman–Crippen LogP) is 2.36. The Labute approximate surface area is 97.7 Å². The lowest BCUT2D eigenvalue weighted by Crippen LogP contribution is -2.15. The van der Waals surface area contributed by atoms with Crippen LogP contribution in [0.3, 0.4) is 0 Å². The first-order valence-electron chi connectivity index (χ1n) is 5.41. The van der Waals surface area contributed by atoms with E-state index in [1.807, 2.05) is 12.4 Å². The summed E-state index contributed by atoms with van der Waals surface area (Å²) in [5.74, 6) is 0.869. The first-order valence-corrected chi connectivity index (χ1v) is 6.29. The molecule has 0 bridgehead atoms. The van der Waals surface area contributed by atoms with Gasteiger partial charge in [-0.15, -0.1) is 11.3 Å². The van der Waals surface area contributed by atoms with Gasteiger partial charge in [-0.3, -0.25) is 0 Å². The van der Waals surface area contributed by atoms with Crippen LogP contribution < -0.4 is 5.32 Å². The fourth-order valence-corrected chi connectivity index (χ4v) is 2.44. The molecule has 4 nitrogen and oxygen atoms in total. The van der Waals surface area contributed by atoms with Crippen LogP contribution in [0.4, 0.5) is 0 Å². The molecule has 2 aromatic heterocycles. The van der Waals surface area contributed by atoms with Gasteiger partial charge in [-0.05, 0) is 19.8 Å². The minimum atomic E-state index is 0.687. The van der Waals surface area contributed by atoms with Crippen molar-refractivity contribution in [3.8, 4) is 10.6 Å². The zero-order valence-electron chi connectivity index (χ0n) is 9.06. The van der Waals surface area contributed by atoms with E-state index in [1.165, 1.54) is 19.2 Å². The second kappa shape index (κ2) is 3.99. The van der Waals surface area contributed by atoms with Crippen molar-refractivity contribution >= 4 is 11.3 Å². The molecule has 1 saturated carbocycles. The molecule has 0 radical (unpaired) electrons. The highest BCUT2D eigenvalue weighted by Gasteiger charge is 2.22. The van der Waals surface area contributed by atoms with Gasteiger partial charge in [-0.1, -0.05) is 0 Å². The van der Waals surface area contributed by atoms with Crippen molar-refractivity contribution in [2.75, 3.05) is 0 Å². The average Bonchev–Trinajstić information content (AvgIpc) is 2.83. The molecule has 0 aliphatic heterocycles. The van der Waals surface area contributed by atoms with Gasteiger partial charge < -0.3 is 9.73 Å². The van der Waals surface area contributed by atoms with Gasteiger partial charge in [0.2, 0.25) is 0 Å². The molecule has 1 fully saturated rings. The quantitative estimate of drug-likeness (QED) is 0.883. The number of thiazole rings is 1. The lowest BCUT2D eigenvalue weighted by Gasteiger charge is -2.01. The van der Waals surface area contributed by atoms with E-state index < -0.39 is 0 Å². The first kappa shape index (κ1) is 9.99. The maximum atomic E-state index is 5.46. The number of aryl methyl sites for hydroxylation is 1. The smallest absolute Gasteiger partial charge is 0.181 e. The van der Waals surface area contributed by atoms with Crippen molar-refractivity contribution in [3.63, 3.8) is 0 Å². The molecule has 2 heterocycles. The van der Waals surface area contributed by atoms with E-state index in [1.54, 1.807) is 11.3 Å². The highest BCUT2D eigenvalue weighted by Crippen LogP contribution is 2.30. The molecule has 84 valence electrons. The summed E-state index contributed by atoms with van der Waals surface area (Å²) in [6.07, 6.45) is 4.08. The van der Waals surface area contributed by atoms with E-state index in [9.17, 15) is 0 Å². The topological polar surface area (TPSA) is 51.0 Å². The molecular formula is C11H13N3OS. The minimum Gasteiger partial charge on any atom is -0.442 e. The molecule has 0 atom stereocenters. The molecule has 3 rings (SSSR count). The Morgan fingerprint density at radius 3 is 3.06 bits per heavy atom. The van der Waals surface area contributed by atoms with Gasteiger partial charge in [0.05, 0.1) is 16.1 Å². The summed E-state index contributed by atoms with van der Waals surface area (Å²) in [5, 5.41) is 3.44. The van der Waals surface area contributed by atoms with Crippen molar-refractivity contribution in [2.24, 2.45) is 0 Å². The second-order valence-corrected chi connectivity index (χ2v) is 4.91. The predicted molar refractivity (Wildman–Crippen MR) is 62.2 cm³/mol. The highest BCUT2D eigenvalue weighted by molar-refractivity contribution is 7.13. The van der Waals surface area contributed by atoms with Crippen molar-refractivity contribution in [2.45, 2.75) is 32.4 Å². The zero-order chi connectivity index (χ0) is 11.0. The number of aromatic nitrogens is 2. The van der Waals surface area contributed by atoms with E-state index in [0.717, 1.165) is 28.6 Å². The Morgan fingerprint density at radius 2 is 2.38 bits per heavy atom. The van der Waals surface area contributed by atoms with Crippen LogP contribution in [0, 0.1) is 6.92 Å². The van der Waals surface area contributed by atoms with E-state index in [4.69, 9.17) is 4.42 Å². The molecular weight excluding hydrogens is 222 g/mol. The molecule has 0 amide bonds. The van der Waals surface area contributed by atoms with Crippen LogP contribution in [0.25, 0.3) is 10.6 Å². The van der Waals surface area contributed by atoms with Crippen LogP contribution in [0.15, 0.2) is 16.3 Å². The van der Waals surface area contributed by atoms with Crippen LogP contribution in [-0.4, -0.2) is 16.0 Å². The van der Waals surface area contributed by atoms with Crippen LogP contribution in [0.1, 0.15) is 24.2 Å². The summed E-state index contributed by atoms with van der Waals surface area (Å²) in [6, 6.07) is 0.687. The average molecular weight is 235 g/mol. The van der Waals surface area contributed by atoms with Crippen molar-refractivity contribution in [3.05, 3.63) is 23.3 Å². The maximum Gasteiger partial charge on any atom is 0.181 e. The Hall–Kier alpha value is -1.20. The number of nitrogens with zero attached hydrogens (tertiary/aromatic N) is 2. The summed E-state index contributed by atoms with van der Waals surface area (Å²) in [6.45, 7) is 2.78. The molecule has 1 aliphatic rings. The van der Waals surface area contributed by atoms with Gasteiger partial charge in [-0.25, -0.2) is 9.97 Å². The summed E-state index contributed by atoms with van der Waals surface area (Å²) in [5.41, 5.74) is 3.83. The van der Waals surface area contributed by atoms with Gasteiger partial charge in [0.1, 0.15) is 5.69 Å². The van der Waals surface area contributed by atoms with Crippen LogP contribution >= 0.6 is 11.3 Å². The zero-order valence-corrected chi connectivity index (χ0v) is 9.88. The number of nitrogens with one attached hydrogen (secondary N) is 1. The van der Waals surface area contributed by atoms with Crippen LogP contribution in [0.2, 0.25) is 0 Å². The monoisotopic (exact) mass is 235 g/mol. The molecule has 1 N–H and O–H groups in total. The van der Waals surface area contributed by atoms with Gasteiger partial charge >= 0.3 is 0 Å². The number of hydrogen-bond donors (Lipinski definition) is 1. The standard InChI is InChI=1S/C11H13N3OS/c1-7-11(16-6-14-7)10-9(13-5-15-10)4-12-8-2-3-8/h5-6,8,12H,2-4H2,1H3. The largest absolute Gasteiger partial charge is 0.442 e. The third-order valence-electron chi connectivity index (χ3n) is 2.73. The molecule has 5 heteroatoms. The number of hydrogen-bond acceptors (Lipinski definition) is 5. The van der Waals surface area contributed by atoms with E-state index >= 15 is 0 Å². The van der Waals surface area contributed by atoms with Crippen molar-refractivity contribution in [1.82, 2.24) is 15.3 Å². The van der Waals surface area contributed by atoms with Crippen LogP contribution in [0.5, 0.6) is 0 Å². The first-order chi connectivity index (χ1) is 7.84. The molecule has 2 aromatic rings. The lowest BCUT2D eigenvalue weighted by molar-refractivity contribution is 0.570. The number of rotatable bonds is 4. The summed E-state index contributed by atoms with van der Waals surface area (Å²) >= 11 is 1.60. The normalized spacial score (nSPS) is 15.6. The van der Waals surface area contributed by atoms with Gasteiger partial charge in [-0.2, -0.15) is 0 Å². The van der Waals surface area contributed by atoms with Crippen molar-refractivity contribution < 1.29 is 4.42 Å². The fraction of sp³-hybridized carbons (Fsp3) is 0.455. The minimum absolute atomic E-state index is 0.687. The summed E-state index contributed by atoms with van der Waals surface area (Å²) in [4.78, 5) is 9.58. The molecule has 0 spiro atoms.